The van der Waals surface area contributed by atoms with Gasteiger partial charge in [0, 0.05) is 10.6 Å². The predicted octanol–water partition coefficient (Wildman–Crippen LogP) is 6.31. The number of hydrogen-bond donors (Lipinski definition) is 2. The Labute approximate surface area is 157 Å². The molecule has 132 valence electrons. The van der Waals surface area contributed by atoms with Crippen LogP contribution in [0.25, 0.3) is 12.2 Å². The van der Waals surface area contributed by atoms with Crippen LogP contribution >= 0.6 is 23.2 Å². The van der Waals surface area contributed by atoms with Crippen molar-refractivity contribution in [3.8, 4) is 17.2 Å². The number of phenols is 2. The third-order valence-corrected chi connectivity index (χ3v) is 4.12. The summed E-state index contributed by atoms with van der Waals surface area (Å²) in [4.78, 5) is 0. The number of methoxy groups -OCH3 is 1. The van der Waals surface area contributed by atoms with Gasteiger partial charge in [0.15, 0.2) is 11.5 Å². The fourth-order valence-corrected chi connectivity index (χ4v) is 2.80. The molecule has 2 aromatic rings. The molecule has 0 spiro atoms. The summed E-state index contributed by atoms with van der Waals surface area (Å²) in [5, 5.41) is 20.2. The number of unbranched alkanes of at least 4 members (excludes halogenated alkanes) is 2. The summed E-state index contributed by atoms with van der Waals surface area (Å²) in [5.41, 5.74) is 1.59. The van der Waals surface area contributed by atoms with Crippen LogP contribution in [-0.2, 0) is 0 Å². The van der Waals surface area contributed by atoms with Crippen LogP contribution in [0.3, 0.4) is 0 Å². The van der Waals surface area contributed by atoms with Crippen LogP contribution in [0.1, 0.15) is 30.4 Å². The van der Waals surface area contributed by atoms with Gasteiger partial charge < -0.3 is 14.9 Å². The monoisotopic (exact) mass is 378 g/mol. The first-order chi connectivity index (χ1) is 12.0. The van der Waals surface area contributed by atoms with Gasteiger partial charge in [-0.25, -0.2) is 0 Å². The molecule has 0 aliphatic carbocycles. The Bertz CT molecular complexity index is 783. The molecule has 0 bridgehead atoms. The summed E-state index contributed by atoms with van der Waals surface area (Å²) >= 11 is 11.8. The molecule has 0 saturated heterocycles. The normalized spacial score (nSPS) is 11.5. The summed E-state index contributed by atoms with van der Waals surface area (Å²) in [5.74, 6) is 0.641. The van der Waals surface area contributed by atoms with Crippen LogP contribution in [0.4, 0.5) is 0 Å². The van der Waals surface area contributed by atoms with E-state index in [1.807, 2.05) is 24.3 Å². The second kappa shape index (κ2) is 9.40. The maximum atomic E-state index is 9.87. The highest BCUT2D eigenvalue weighted by Gasteiger charge is 2.04. The highest BCUT2D eigenvalue weighted by molar-refractivity contribution is 6.35. The lowest BCUT2D eigenvalue weighted by atomic mass is 10.1. The molecule has 25 heavy (non-hydrogen) atoms. The van der Waals surface area contributed by atoms with Crippen molar-refractivity contribution in [2.24, 2.45) is 0 Å². The molecular weight excluding hydrogens is 359 g/mol. The maximum absolute atomic E-state index is 9.87. The van der Waals surface area contributed by atoms with E-state index in [1.165, 1.54) is 13.2 Å². The third kappa shape index (κ3) is 5.73. The van der Waals surface area contributed by atoms with E-state index in [4.69, 9.17) is 27.9 Å². The molecule has 0 heterocycles. The minimum Gasteiger partial charge on any atom is -0.506 e. The number of benzene rings is 2. The molecule has 0 aromatic heterocycles. The topological polar surface area (TPSA) is 49.7 Å². The number of allylic oxidation sites excluding steroid dienone is 2. The lowest BCUT2D eigenvalue weighted by molar-refractivity contribution is 0.373. The van der Waals surface area contributed by atoms with Crippen LogP contribution in [0.2, 0.25) is 10.0 Å². The smallest absolute Gasteiger partial charge is 0.161 e. The zero-order valence-corrected chi connectivity index (χ0v) is 15.4. The molecule has 0 atom stereocenters. The summed E-state index contributed by atoms with van der Waals surface area (Å²) in [6, 6.07) is 8.43. The van der Waals surface area contributed by atoms with Gasteiger partial charge in [0.25, 0.3) is 0 Å². The van der Waals surface area contributed by atoms with E-state index >= 15 is 0 Å². The first kappa shape index (κ1) is 19.2. The summed E-state index contributed by atoms with van der Waals surface area (Å²) in [6.07, 6.45) is 10.6. The molecule has 0 unspecified atom stereocenters. The lowest BCUT2D eigenvalue weighted by Crippen LogP contribution is -1.84. The Morgan fingerprint density at radius 3 is 2.44 bits per heavy atom. The standard InChI is InChI=1S/C20H20Cl2O3/c1-25-19-11-14(9-10-18(19)23)7-5-3-2-4-6-8-15-12-16(21)13-17(22)20(15)24/h5-13,23-24H,2-4H2,1H3/b7-5+,8-6+. The lowest BCUT2D eigenvalue weighted by Gasteiger charge is -2.03. The largest absolute Gasteiger partial charge is 0.506 e. The van der Waals surface area contributed by atoms with Crippen LogP contribution < -0.4 is 4.74 Å². The number of ether oxygens (including phenoxy) is 1. The Hall–Kier alpha value is -2.10. The number of hydrogen-bond acceptors (Lipinski definition) is 3. The van der Waals surface area contributed by atoms with Crippen LogP contribution in [0.15, 0.2) is 42.5 Å². The zero-order chi connectivity index (χ0) is 18.2. The zero-order valence-electron chi connectivity index (χ0n) is 13.9. The van der Waals surface area contributed by atoms with Crippen LogP contribution in [0, 0.1) is 0 Å². The Morgan fingerprint density at radius 2 is 1.72 bits per heavy atom. The van der Waals surface area contributed by atoms with E-state index in [0.717, 1.165) is 24.8 Å². The van der Waals surface area contributed by atoms with Crippen molar-refractivity contribution in [2.45, 2.75) is 19.3 Å². The molecule has 2 rings (SSSR count). The van der Waals surface area contributed by atoms with E-state index in [1.54, 1.807) is 18.2 Å². The highest BCUT2D eigenvalue weighted by Crippen LogP contribution is 2.32. The van der Waals surface area contributed by atoms with Crippen molar-refractivity contribution in [1.29, 1.82) is 0 Å². The number of rotatable bonds is 7. The molecule has 2 N–H and O–H groups in total. The van der Waals surface area contributed by atoms with E-state index in [9.17, 15) is 10.2 Å². The van der Waals surface area contributed by atoms with Gasteiger partial charge in [-0.3, -0.25) is 0 Å². The first-order valence-electron chi connectivity index (χ1n) is 7.89. The van der Waals surface area contributed by atoms with Gasteiger partial charge >= 0.3 is 0 Å². The summed E-state index contributed by atoms with van der Waals surface area (Å²) in [6.45, 7) is 0. The van der Waals surface area contributed by atoms with Gasteiger partial charge in [0.05, 0.1) is 12.1 Å². The first-order valence-corrected chi connectivity index (χ1v) is 8.65. The fraction of sp³-hybridized carbons (Fsp3) is 0.200. The van der Waals surface area contributed by atoms with Crippen molar-refractivity contribution in [3.05, 3.63) is 63.7 Å². The number of aromatic hydroxyl groups is 2. The molecule has 0 amide bonds. The van der Waals surface area contributed by atoms with Gasteiger partial charge in [0.1, 0.15) is 5.75 Å². The van der Waals surface area contributed by atoms with Crippen molar-refractivity contribution < 1.29 is 14.9 Å². The molecule has 0 radical (unpaired) electrons. The summed E-state index contributed by atoms with van der Waals surface area (Å²) < 4.78 is 5.08. The van der Waals surface area contributed by atoms with Crippen molar-refractivity contribution in [2.75, 3.05) is 7.11 Å². The Kier molecular flexibility index (Phi) is 7.23. The molecule has 3 nitrogen and oxygen atoms in total. The minimum atomic E-state index is 0.0449. The Balaban J connectivity index is 1.82. The van der Waals surface area contributed by atoms with Crippen molar-refractivity contribution in [3.63, 3.8) is 0 Å². The van der Waals surface area contributed by atoms with Gasteiger partial charge in [0.2, 0.25) is 0 Å². The number of phenolic OH excluding ortho intramolecular Hbond substituents is 2. The molecular formula is C20H20Cl2O3. The average molecular weight is 379 g/mol. The quantitative estimate of drug-likeness (QED) is 0.554. The third-order valence-electron chi connectivity index (χ3n) is 3.61. The Morgan fingerprint density at radius 1 is 1.00 bits per heavy atom. The van der Waals surface area contributed by atoms with E-state index < -0.39 is 0 Å². The average Bonchev–Trinajstić information content (AvgIpc) is 2.59. The predicted molar refractivity (Wildman–Crippen MR) is 105 cm³/mol. The maximum Gasteiger partial charge on any atom is 0.161 e. The molecule has 5 heteroatoms. The second-order valence-corrected chi connectivity index (χ2v) is 6.34. The van der Waals surface area contributed by atoms with Gasteiger partial charge in [-0.05, 0) is 49.1 Å². The van der Waals surface area contributed by atoms with E-state index in [2.05, 4.69) is 6.08 Å². The molecule has 0 aliphatic rings. The SMILES string of the molecule is COc1cc(/C=C/CCC/C=C/c2cc(Cl)cc(Cl)c2O)ccc1O. The second-order valence-electron chi connectivity index (χ2n) is 5.49. The number of halogens is 2. The van der Waals surface area contributed by atoms with Gasteiger partial charge in [-0.15, -0.1) is 0 Å². The van der Waals surface area contributed by atoms with Crippen molar-refractivity contribution in [1.82, 2.24) is 0 Å². The molecule has 0 aliphatic heterocycles. The van der Waals surface area contributed by atoms with E-state index in [0.29, 0.717) is 16.3 Å². The van der Waals surface area contributed by atoms with Crippen LogP contribution in [0.5, 0.6) is 17.2 Å². The molecule has 2 aromatic carbocycles. The molecule has 0 saturated carbocycles. The summed E-state index contributed by atoms with van der Waals surface area (Å²) in [7, 11) is 1.53. The van der Waals surface area contributed by atoms with Gasteiger partial charge in [-0.2, -0.15) is 0 Å². The van der Waals surface area contributed by atoms with Gasteiger partial charge in [-0.1, -0.05) is 53.6 Å². The van der Waals surface area contributed by atoms with E-state index in [-0.39, 0.29) is 16.5 Å². The minimum absolute atomic E-state index is 0.0449. The molecule has 0 fully saturated rings. The van der Waals surface area contributed by atoms with Crippen LogP contribution in [-0.4, -0.2) is 17.3 Å². The highest BCUT2D eigenvalue weighted by atomic mass is 35.5. The van der Waals surface area contributed by atoms with Crippen molar-refractivity contribution >= 4 is 35.4 Å². The fourth-order valence-electron chi connectivity index (χ4n) is 2.29.